The van der Waals surface area contributed by atoms with Crippen molar-refractivity contribution in [3.05, 3.63) is 0 Å². The van der Waals surface area contributed by atoms with Gasteiger partial charge in [-0.25, -0.2) is 9.59 Å². The summed E-state index contributed by atoms with van der Waals surface area (Å²) in [7, 11) is 0. The number of amides is 4. The lowest BCUT2D eigenvalue weighted by Crippen LogP contribution is -2.52. The third-order valence-corrected chi connectivity index (χ3v) is 2.64. The van der Waals surface area contributed by atoms with E-state index in [1.54, 1.807) is 13.8 Å². The first-order valence-corrected chi connectivity index (χ1v) is 6.03. The highest BCUT2D eigenvalue weighted by atomic mass is 16.4. The van der Waals surface area contributed by atoms with Crippen molar-refractivity contribution in [1.82, 2.24) is 15.5 Å². The van der Waals surface area contributed by atoms with E-state index >= 15 is 0 Å². The molecule has 1 atom stereocenters. The molecule has 1 aliphatic heterocycles. The molecule has 7 nitrogen and oxygen atoms in total. The van der Waals surface area contributed by atoms with Crippen molar-refractivity contribution < 1.29 is 19.5 Å². The quantitative estimate of drug-likeness (QED) is 0.679. The first kappa shape index (κ1) is 14.3. The van der Waals surface area contributed by atoms with E-state index in [9.17, 15) is 14.4 Å². The zero-order valence-corrected chi connectivity index (χ0v) is 10.6. The molecule has 102 valence electrons. The Morgan fingerprint density at radius 3 is 2.61 bits per heavy atom. The van der Waals surface area contributed by atoms with E-state index in [4.69, 9.17) is 5.11 Å². The van der Waals surface area contributed by atoms with Gasteiger partial charge in [0.1, 0.15) is 6.04 Å². The summed E-state index contributed by atoms with van der Waals surface area (Å²) in [5.74, 6) is -0.479. The first-order valence-electron chi connectivity index (χ1n) is 6.03. The number of nitrogens with one attached hydrogen (secondary N) is 2. The molecule has 0 unspecified atom stereocenters. The molecule has 1 heterocycles. The lowest BCUT2D eigenvalue weighted by molar-refractivity contribution is -0.129. The standard InChI is InChI=1S/C11H19N3O4/c1-7(2)12-10(16)14-6-4-3-5-8(9(14)15)13-11(17)18/h7-8,13H,3-6H2,1-2H3,(H,12,16)(H,17,18)/t8-/m0/s1. The topological polar surface area (TPSA) is 98.7 Å². The molecule has 4 amide bonds. The molecule has 1 fully saturated rings. The maximum Gasteiger partial charge on any atom is 0.405 e. The van der Waals surface area contributed by atoms with Crippen LogP contribution in [-0.4, -0.2) is 46.7 Å². The number of carbonyl (C=O) groups excluding carboxylic acids is 2. The van der Waals surface area contributed by atoms with Crippen molar-refractivity contribution in [2.75, 3.05) is 6.54 Å². The Labute approximate surface area is 106 Å². The Bertz CT molecular complexity index is 343. The van der Waals surface area contributed by atoms with E-state index in [0.29, 0.717) is 25.8 Å². The largest absolute Gasteiger partial charge is 0.465 e. The fourth-order valence-corrected chi connectivity index (χ4v) is 1.85. The molecule has 0 aromatic carbocycles. The van der Waals surface area contributed by atoms with Crippen LogP contribution in [0.4, 0.5) is 9.59 Å². The van der Waals surface area contributed by atoms with Gasteiger partial charge in [0.25, 0.3) is 5.91 Å². The van der Waals surface area contributed by atoms with Gasteiger partial charge in [0.05, 0.1) is 0 Å². The van der Waals surface area contributed by atoms with Crippen molar-refractivity contribution in [3.8, 4) is 0 Å². The Morgan fingerprint density at radius 2 is 2.06 bits per heavy atom. The summed E-state index contributed by atoms with van der Waals surface area (Å²) < 4.78 is 0. The molecule has 0 aliphatic carbocycles. The second kappa shape index (κ2) is 6.23. The molecule has 7 heteroatoms. The van der Waals surface area contributed by atoms with Crippen LogP contribution < -0.4 is 10.6 Å². The highest BCUT2D eigenvalue weighted by Crippen LogP contribution is 2.12. The van der Waals surface area contributed by atoms with Gasteiger partial charge >= 0.3 is 12.1 Å². The van der Waals surface area contributed by atoms with Crippen molar-refractivity contribution >= 4 is 18.0 Å². The molecule has 18 heavy (non-hydrogen) atoms. The molecule has 1 saturated heterocycles. The van der Waals surface area contributed by atoms with E-state index in [1.807, 2.05) is 0 Å². The maximum atomic E-state index is 12.0. The zero-order valence-electron chi connectivity index (χ0n) is 10.6. The van der Waals surface area contributed by atoms with Gasteiger partial charge in [0.2, 0.25) is 0 Å². The molecule has 3 N–H and O–H groups in total. The van der Waals surface area contributed by atoms with Crippen LogP contribution in [0, 0.1) is 0 Å². The number of imide groups is 1. The summed E-state index contributed by atoms with van der Waals surface area (Å²) in [6.07, 6.45) is 0.577. The van der Waals surface area contributed by atoms with E-state index in [-0.39, 0.29) is 6.04 Å². The molecule has 0 spiro atoms. The van der Waals surface area contributed by atoms with Crippen LogP contribution in [0.3, 0.4) is 0 Å². The number of rotatable bonds is 2. The second-order valence-electron chi connectivity index (χ2n) is 4.59. The average molecular weight is 257 g/mol. The lowest BCUT2D eigenvalue weighted by atomic mass is 10.1. The third kappa shape index (κ3) is 3.90. The highest BCUT2D eigenvalue weighted by Gasteiger charge is 2.31. The summed E-state index contributed by atoms with van der Waals surface area (Å²) in [6, 6.07) is -1.36. The maximum absolute atomic E-state index is 12.0. The summed E-state index contributed by atoms with van der Waals surface area (Å²) in [5, 5.41) is 13.5. The van der Waals surface area contributed by atoms with Gasteiger partial charge in [0.15, 0.2) is 0 Å². The van der Waals surface area contributed by atoms with Gasteiger partial charge in [-0.05, 0) is 33.1 Å². The number of likely N-dealkylation sites (tertiary alicyclic amines) is 1. The van der Waals surface area contributed by atoms with Gasteiger partial charge in [-0.15, -0.1) is 0 Å². The number of urea groups is 1. The normalized spacial score (nSPS) is 20.5. The summed E-state index contributed by atoms with van der Waals surface area (Å²) in [6.45, 7) is 3.93. The van der Waals surface area contributed by atoms with Crippen LogP contribution in [0.2, 0.25) is 0 Å². The van der Waals surface area contributed by atoms with Crippen molar-refractivity contribution in [2.24, 2.45) is 0 Å². The predicted octanol–water partition coefficient (Wildman–Crippen LogP) is 0.753. The lowest BCUT2D eigenvalue weighted by Gasteiger charge is -2.23. The number of nitrogens with zero attached hydrogens (tertiary/aromatic N) is 1. The van der Waals surface area contributed by atoms with Crippen LogP contribution in [0.1, 0.15) is 33.1 Å². The Balaban J connectivity index is 2.74. The van der Waals surface area contributed by atoms with Gasteiger partial charge in [-0.2, -0.15) is 0 Å². The SMILES string of the molecule is CC(C)NC(=O)N1CCCC[C@H](NC(=O)O)C1=O. The van der Waals surface area contributed by atoms with Crippen LogP contribution >= 0.6 is 0 Å². The third-order valence-electron chi connectivity index (χ3n) is 2.64. The Kier molecular flexibility index (Phi) is 4.94. The molecule has 0 aromatic rings. The molecular weight excluding hydrogens is 238 g/mol. The monoisotopic (exact) mass is 257 g/mol. The fraction of sp³-hybridized carbons (Fsp3) is 0.727. The summed E-state index contributed by atoms with van der Waals surface area (Å²) in [5.41, 5.74) is 0. The fourth-order valence-electron chi connectivity index (χ4n) is 1.85. The predicted molar refractivity (Wildman–Crippen MR) is 64.2 cm³/mol. The molecule has 0 saturated carbocycles. The molecule has 0 aromatic heterocycles. The molecule has 1 rings (SSSR count). The Hall–Kier alpha value is -1.79. The second-order valence-corrected chi connectivity index (χ2v) is 4.59. The number of hydrogen-bond acceptors (Lipinski definition) is 3. The first-order chi connectivity index (χ1) is 8.41. The number of hydrogen-bond donors (Lipinski definition) is 3. The van der Waals surface area contributed by atoms with Gasteiger partial charge in [0, 0.05) is 12.6 Å². The minimum atomic E-state index is -1.25. The van der Waals surface area contributed by atoms with Crippen molar-refractivity contribution in [1.29, 1.82) is 0 Å². The minimum absolute atomic E-state index is 0.0700. The van der Waals surface area contributed by atoms with Gasteiger partial charge < -0.3 is 15.7 Å². The molecular formula is C11H19N3O4. The molecule has 1 aliphatic rings. The smallest absolute Gasteiger partial charge is 0.405 e. The van der Waals surface area contributed by atoms with E-state index in [1.165, 1.54) is 0 Å². The minimum Gasteiger partial charge on any atom is -0.465 e. The van der Waals surface area contributed by atoms with Gasteiger partial charge in [-0.3, -0.25) is 9.69 Å². The van der Waals surface area contributed by atoms with Gasteiger partial charge in [-0.1, -0.05) is 0 Å². The van der Waals surface area contributed by atoms with E-state index in [2.05, 4.69) is 10.6 Å². The number of carboxylic acid groups (broad SMARTS) is 1. The number of carbonyl (C=O) groups is 3. The van der Waals surface area contributed by atoms with Crippen LogP contribution in [0.5, 0.6) is 0 Å². The highest BCUT2D eigenvalue weighted by molar-refractivity contribution is 5.98. The zero-order chi connectivity index (χ0) is 13.7. The van der Waals surface area contributed by atoms with Crippen LogP contribution in [0.25, 0.3) is 0 Å². The molecule has 0 bridgehead atoms. The summed E-state index contributed by atoms with van der Waals surface area (Å²) in [4.78, 5) is 35.6. The van der Waals surface area contributed by atoms with Crippen molar-refractivity contribution in [3.63, 3.8) is 0 Å². The van der Waals surface area contributed by atoms with Crippen LogP contribution in [0.15, 0.2) is 0 Å². The van der Waals surface area contributed by atoms with E-state index < -0.39 is 24.1 Å². The van der Waals surface area contributed by atoms with Crippen molar-refractivity contribution in [2.45, 2.75) is 45.2 Å². The molecule has 0 radical (unpaired) electrons. The van der Waals surface area contributed by atoms with E-state index in [0.717, 1.165) is 4.90 Å². The van der Waals surface area contributed by atoms with Crippen LogP contribution in [-0.2, 0) is 4.79 Å². The Morgan fingerprint density at radius 1 is 1.39 bits per heavy atom. The average Bonchev–Trinajstić information content (AvgIpc) is 2.40. The summed E-state index contributed by atoms with van der Waals surface area (Å²) >= 11 is 0.